The molecule has 2 aromatic rings. The molecule has 12 heteroatoms. The Morgan fingerprint density at radius 2 is 1.91 bits per heavy atom. The number of nitrogens with zero attached hydrogens (tertiary/aromatic N) is 4. The van der Waals surface area contributed by atoms with Crippen molar-refractivity contribution in [1.82, 2.24) is 30.9 Å². The molecule has 3 atom stereocenters. The van der Waals surface area contributed by atoms with Crippen LogP contribution >= 0.6 is 22.9 Å². The molecule has 1 unspecified atom stereocenters. The highest BCUT2D eigenvalue weighted by molar-refractivity contribution is 7.13. The lowest BCUT2D eigenvalue weighted by Crippen LogP contribution is -2.43. The highest BCUT2D eigenvalue weighted by Crippen LogP contribution is 2.22. The van der Waals surface area contributed by atoms with Crippen LogP contribution < -0.4 is 20.9 Å². The topological polar surface area (TPSA) is 132 Å². The Bertz CT molecular complexity index is 935. The number of likely N-dealkylation sites (N-methyl/N-ethyl adjacent to an activating group) is 1. The van der Waals surface area contributed by atoms with Crippen molar-refractivity contribution in [2.24, 2.45) is 0 Å². The zero-order valence-electron chi connectivity index (χ0n) is 18.2. The van der Waals surface area contributed by atoms with Gasteiger partial charge in [-0.25, -0.2) is 15.0 Å². The smallest absolute Gasteiger partial charge is 0.270 e. The second kappa shape index (κ2) is 11.0. The summed E-state index contributed by atoms with van der Waals surface area (Å²) in [6, 6.07) is 0.965. The van der Waals surface area contributed by atoms with Gasteiger partial charge in [-0.15, -0.1) is 22.9 Å². The minimum Gasteiger partial charge on any atom is -0.393 e. The Hall–Kier alpha value is -2.34. The minimum atomic E-state index is -0.409. The summed E-state index contributed by atoms with van der Waals surface area (Å²) in [6.45, 7) is 4.96. The summed E-state index contributed by atoms with van der Waals surface area (Å²) in [5.41, 5.74) is -0.145. The molecule has 0 bridgehead atoms. The first-order valence-electron chi connectivity index (χ1n) is 10.4. The zero-order chi connectivity index (χ0) is 23.3. The van der Waals surface area contributed by atoms with Crippen molar-refractivity contribution in [2.45, 2.75) is 50.4 Å². The number of alkyl halides is 1. The van der Waals surface area contributed by atoms with Gasteiger partial charge in [0.05, 0.1) is 24.4 Å². The molecule has 3 rings (SSSR count). The predicted octanol–water partition coefficient (Wildman–Crippen LogP) is 1.29. The van der Waals surface area contributed by atoms with Crippen LogP contribution in [0.25, 0.3) is 0 Å². The van der Waals surface area contributed by atoms with Crippen LogP contribution in [-0.2, 0) is 0 Å². The third-order valence-electron chi connectivity index (χ3n) is 5.21. The molecule has 3 heterocycles. The first-order valence-corrected chi connectivity index (χ1v) is 11.7. The van der Waals surface area contributed by atoms with E-state index < -0.39 is 11.5 Å². The molecule has 1 aliphatic rings. The molecule has 1 saturated heterocycles. The number of hydrogen-bond donors (Lipinski definition) is 4. The summed E-state index contributed by atoms with van der Waals surface area (Å²) in [5, 5.41) is 18.8. The highest BCUT2D eigenvalue weighted by Gasteiger charge is 2.22. The number of halogens is 1. The lowest BCUT2D eigenvalue weighted by molar-refractivity contribution is 0.0929. The van der Waals surface area contributed by atoms with Crippen molar-refractivity contribution in [3.05, 3.63) is 34.2 Å². The van der Waals surface area contributed by atoms with Gasteiger partial charge in [-0.3, -0.25) is 9.59 Å². The molecule has 32 heavy (non-hydrogen) atoms. The van der Waals surface area contributed by atoms with Crippen molar-refractivity contribution in [2.75, 3.05) is 25.0 Å². The number of aliphatic hydroxyl groups excluding tert-OH is 1. The molecule has 174 valence electrons. The summed E-state index contributed by atoms with van der Waals surface area (Å²) < 4.78 is 0. The van der Waals surface area contributed by atoms with Crippen LogP contribution in [0.3, 0.4) is 0 Å². The van der Waals surface area contributed by atoms with Crippen LogP contribution in [0, 0.1) is 0 Å². The molecule has 2 amide bonds. The van der Waals surface area contributed by atoms with Gasteiger partial charge in [0, 0.05) is 19.2 Å². The average Bonchev–Trinajstić information content (AvgIpc) is 3.29. The predicted molar refractivity (Wildman–Crippen MR) is 123 cm³/mol. The van der Waals surface area contributed by atoms with Crippen molar-refractivity contribution in [3.63, 3.8) is 0 Å². The Labute approximate surface area is 195 Å². The molecule has 4 N–H and O–H groups in total. The molecular formula is C20H28ClN7O3S. The number of aliphatic hydroxyl groups is 1. The molecule has 0 spiro atoms. The van der Waals surface area contributed by atoms with Gasteiger partial charge in [0.1, 0.15) is 33.2 Å². The van der Waals surface area contributed by atoms with Crippen LogP contribution in [0.2, 0.25) is 0 Å². The molecule has 0 aliphatic carbocycles. The van der Waals surface area contributed by atoms with Gasteiger partial charge < -0.3 is 26.0 Å². The first kappa shape index (κ1) is 24.3. The minimum absolute atomic E-state index is 0.247. The van der Waals surface area contributed by atoms with E-state index in [9.17, 15) is 14.7 Å². The number of carbonyl (C=O) groups is 2. The van der Waals surface area contributed by atoms with Crippen LogP contribution in [0.15, 0.2) is 18.6 Å². The molecule has 0 saturated carbocycles. The Balaban J connectivity index is 1.60. The largest absolute Gasteiger partial charge is 0.393 e. The van der Waals surface area contributed by atoms with Crippen LogP contribution in [0.5, 0.6) is 0 Å². The van der Waals surface area contributed by atoms with E-state index in [1.807, 2.05) is 4.90 Å². The van der Waals surface area contributed by atoms with Gasteiger partial charge in [0.25, 0.3) is 11.8 Å². The quantitative estimate of drug-likeness (QED) is 0.327. The molecule has 2 aromatic heterocycles. The summed E-state index contributed by atoms with van der Waals surface area (Å²) >= 11 is 7.28. The number of hydrogen-bond acceptors (Lipinski definition) is 9. The Morgan fingerprint density at radius 1 is 1.19 bits per heavy atom. The maximum atomic E-state index is 12.7. The Morgan fingerprint density at radius 3 is 2.59 bits per heavy atom. The number of anilines is 1. The van der Waals surface area contributed by atoms with Crippen LogP contribution in [0.4, 0.5) is 5.82 Å². The van der Waals surface area contributed by atoms with E-state index >= 15 is 0 Å². The maximum absolute atomic E-state index is 12.7. The number of piperidine rings is 1. The van der Waals surface area contributed by atoms with E-state index in [1.54, 1.807) is 27.0 Å². The van der Waals surface area contributed by atoms with Gasteiger partial charge in [0.15, 0.2) is 0 Å². The van der Waals surface area contributed by atoms with Gasteiger partial charge in [-0.05, 0) is 33.7 Å². The second-order valence-electron chi connectivity index (χ2n) is 7.69. The van der Waals surface area contributed by atoms with E-state index in [4.69, 9.17) is 11.6 Å². The van der Waals surface area contributed by atoms with Gasteiger partial charge in [-0.2, -0.15) is 0 Å². The summed E-state index contributed by atoms with van der Waals surface area (Å²) in [7, 11) is 1.72. The Kier molecular flexibility index (Phi) is 8.35. The molecule has 0 radical (unpaired) electrons. The fourth-order valence-electron chi connectivity index (χ4n) is 3.27. The van der Waals surface area contributed by atoms with E-state index in [-0.39, 0.29) is 29.7 Å². The van der Waals surface area contributed by atoms with Crippen molar-refractivity contribution >= 4 is 40.6 Å². The molecule has 1 fully saturated rings. The molecular weight excluding hydrogens is 454 g/mol. The number of nitrogens with one attached hydrogen (secondary N) is 3. The van der Waals surface area contributed by atoms with Gasteiger partial charge in [0.2, 0.25) is 0 Å². The number of carbonyl (C=O) groups excluding carboxylic acids is 2. The van der Waals surface area contributed by atoms with Gasteiger partial charge in [-0.1, -0.05) is 0 Å². The summed E-state index contributed by atoms with van der Waals surface area (Å²) in [6.07, 6.45) is 3.90. The van der Waals surface area contributed by atoms with Gasteiger partial charge >= 0.3 is 0 Å². The van der Waals surface area contributed by atoms with Crippen molar-refractivity contribution in [3.8, 4) is 0 Å². The zero-order valence-corrected chi connectivity index (χ0v) is 19.8. The molecule has 0 aromatic carbocycles. The summed E-state index contributed by atoms with van der Waals surface area (Å²) in [5.74, 6) is 0.0333. The first-order chi connectivity index (χ1) is 15.3. The van der Waals surface area contributed by atoms with Crippen LogP contribution in [-0.4, -0.2) is 69.7 Å². The van der Waals surface area contributed by atoms with E-state index in [1.165, 1.54) is 23.9 Å². The average molecular weight is 482 g/mol. The molecule has 10 nitrogen and oxygen atoms in total. The van der Waals surface area contributed by atoms with Crippen molar-refractivity contribution in [1.29, 1.82) is 0 Å². The number of thiazole rings is 1. The SMILES string of the molecule is CN[C@@H](Cl)C(C)NC(=O)c1cnc([C@@H](C)NC(=O)c2cc(N3CCC(O)CC3)ncn2)s1. The number of amides is 2. The third kappa shape index (κ3) is 6.12. The second-order valence-corrected chi connectivity index (χ2v) is 9.22. The fraction of sp³-hybridized carbons (Fsp3) is 0.550. The van der Waals surface area contributed by atoms with Crippen LogP contribution in [0.1, 0.15) is 57.9 Å². The van der Waals surface area contributed by atoms with E-state index in [0.29, 0.717) is 41.6 Å². The lowest BCUT2D eigenvalue weighted by atomic mass is 10.1. The monoisotopic (exact) mass is 481 g/mol. The highest BCUT2D eigenvalue weighted by atomic mass is 35.5. The lowest BCUT2D eigenvalue weighted by Gasteiger charge is -2.30. The normalized spacial score (nSPS) is 17.5. The number of aromatic nitrogens is 3. The fourth-order valence-corrected chi connectivity index (χ4v) is 4.15. The maximum Gasteiger partial charge on any atom is 0.270 e. The van der Waals surface area contributed by atoms with Crippen molar-refractivity contribution < 1.29 is 14.7 Å². The summed E-state index contributed by atoms with van der Waals surface area (Å²) in [4.78, 5) is 40.2. The van der Waals surface area contributed by atoms with E-state index in [0.717, 1.165) is 0 Å². The third-order valence-corrected chi connectivity index (χ3v) is 6.99. The van der Waals surface area contributed by atoms with E-state index in [2.05, 4.69) is 30.9 Å². The number of rotatable bonds is 8. The standard InChI is InChI=1S/C20H28ClN7O3S/c1-11(17(21)22-3)26-19(31)15-9-23-20(32-15)12(2)27-18(30)14-8-16(25-10-24-14)28-6-4-13(29)5-7-28/h8-13,17,22,29H,4-7H2,1-3H3,(H,26,31)(H,27,30)/t11?,12-,17-/m1/s1. The molecule has 1 aliphatic heterocycles.